The molecule has 0 N–H and O–H groups in total. The van der Waals surface area contributed by atoms with Crippen molar-refractivity contribution in [3.8, 4) is 11.8 Å². The summed E-state index contributed by atoms with van der Waals surface area (Å²) < 4.78 is 19.1. The highest BCUT2D eigenvalue weighted by atomic mass is 19.1. The summed E-state index contributed by atoms with van der Waals surface area (Å²) >= 11 is 0. The first-order valence-corrected chi connectivity index (χ1v) is 6.33. The van der Waals surface area contributed by atoms with Crippen LogP contribution in [0.2, 0.25) is 0 Å². The van der Waals surface area contributed by atoms with E-state index in [1.165, 1.54) is 7.11 Å². The number of nitriles is 1. The molecule has 1 aromatic rings. The summed E-state index contributed by atoms with van der Waals surface area (Å²) in [5.41, 5.74) is 0.192. The second kappa shape index (κ2) is 4.97. The fourth-order valence-corrected chi connectivity index (χ4v) is 2.91. The lowest BCUT2D eigenvalue weighted by Gasteiger charge is -2.21. The van der Waals surface area contributed by atoms with Crippen LogP contribution in [-0.2, 0) is 6.42 Å². The summed E-state index contributed by atoms with van der Waals surface area (Å²) in [5.74, 6) is 0.485. The number of rotatable bonds is 3. The average molecular weight is 247 g/mol. The lowest BCUT2D eigenvalue weighted by molar-refractivity contribution is 0.364. The second-order valence-corrected chi connectivity index (χ2v) is 5.35. The third kappa shape index (κ3) is 2.33. The van der Waals surface area contributed by atoms with E-state index in [4.69, 9.17) is 4.74 Å². The quantitative estimate of drug-likeness (QED) is 0.815. The average Bonchev–Trinajstić information content (AvgIpc) is 2.74. The summed E-state index contributed by atoms with van der Waals surface area (Å²) in [5, 5.41) is 9.41. The van der Waals surface area contributed by atoms with Crippen LogP contribution in [0.5, 0.6) is 5.75 Å². The van der Waals surface area contributed by atoms with Crippen molar-refractivity contribution in [2.75, 3.05) is 7.11 Å². The van der Waals surface area contributed by atoms with Crippen molar-refractivity contribution >= 4 is 0 Å². The molecule has 2 nitrogen and oxygen atoms in total. The number of methoxy groups -OCH3 is 1. The van der Waals surface area contributed by atoms with Crippen LogP contribution < -0.4 is 4.74 Å². The summed E-state index contributed by atoms with van der Waals surface area (Å²) in [4.78, 5) is 0. The van der Waals surface area contributed by atoms with Crippen LogP contribution in [0.1, 0.15) is 31.7 Å². The third-order valence-corrected chi connectivity index (χ3v) is 3.88. The van der Waals surface area contributed by atoms with Gasteiger partial charge in [0.25, 0.3) is 0 Å². The molecule has 0 amide bonds. The Hall–Kier alpha value is -1.56. The zero-order valence-corrected chi connectivity index (χ0v) is 10.9. The van der Waals surface area contributed by atoms with Crippen molar-refractivity contribution < 1.29 is 9.13 Å². The van der Waals surface area contributed by atoms with Gasteiger partial charge in [-0.1, -0.05) is 19.1 Å². The molecule has 1 aliphatic carbocycles. The van der Waals surface area contributed by atoms with Gasteiger partial charge in [0.1, 0.15) is 0 Å². The molecule has 0 spiro atoms. The van der Waals surface area contributed by atoms with E-state index in [0.717, 1.165) is 19.3 Å². The molecule has 0 saturated heterocycles. The first kappa shape index (κ1) is 12.9. The standard InChI is InChI=1S/C15H18FNO/c1-11-6-7-15(8-11,10-17)9-12-4-3-5-13(18-2)14(12)16/h3-5,11H,6-9H2,1-2H3. The third-order valence-electron chi connectivity index (χ3n) is 3.88. The minimum Gasteiger partial charge on any atom is -0.494 e. The van der Waals surface area contributed by atoms with Crippen LogP contribution in [0, 0.1) is 28.5 Å². The van der Waals surface area contributed by atoms with Gasteiger partial charge >= 0.3 is 0 Å². The normalized spacial score (nSPS) is 26.9. The number of benzene rings is 1. The number of hydrogen-bond acceptors (Lipinski definition) is 2. The number of ether oxygens (including phenoxy) is 1. The second-order valence-electron chi connectivity index (χ2n) is 5.35. The van der Waals surface area contributed by atoms with Gasteiger partial charge in [0.05, 0.1) is 18.6 Å². The lowest BCUT2D eigenvalue weighted by atomic mass is 9.80. The van der Waals surface area contributed by atoms with Gasteiger partial charge in [-0.3, -0.25) is 0 Å². The fraction of sp³-hybridized carbons (Fsp3) is 0.533. The van der Waals surface area contributed by atoms with Crippen LogP contribution in [0.25, 0.3) is 0 Å². The van der Waals surface area contributed by atoms with Crippen LogP contribution in [0.3, 0.4) is 0 Å². The molecule has 3 heteroatoms. The van der Waals surface area contributed by atoms with Crippen molar-refractivity contribution in [3.05, 3.63) is 29.6 Å². The molecule has 0 radical (unpaired) electrons. The maximum absolute atomic E-state index is 14.1. The Morgan fingerprint density at radius 1 is 1.56 bits per heavy atom. The van der Waals surface area contributed by atoms with Crippen LogP contribution >= 0.6 is 0 Å². The van der Waals surface area contributed by atoms with E-state index in [9.17, 15) is 9.65 Å². The Morgan fingerprint density at radius 3 is 2.89 bits per heavy atom. The Labute approximate surface area is 107 Å². The van der Waals surface area contributed by atoms with Crippen LogP contribution in [0.4, 0.5) is 4.39 Å². The molecule has 2 atom stereocenters. The highest BCUT2D eigenvalue weighted by Crippen LogP contribution is 2.44. The fourth-order valence-electron chi connectivity index (χ4n) is 2.91. The Morgan fingerprint density at radius 2 is 2.33 bits per heavy atom. The largest absolute Gasteiger partial charge is 0.494 e. The molecule has 96 valence electrons. The summed E-state index contributed by atoms with van der Waals surface area (Å²) in [6.07, 6.45) is 3.26. The number of halogens is 1. The van der Waals surface area contributed by atoms with Crippen molar-refractivity contribution in [2.24, 2.45) is 11.3 Å². The molecule has 0 bridgehead atoms. The molecule has 1 aliphatic rings. The van der Waals surface area contributed by atoms with Crippen molar-refractivity contribution in [1.29, 1.82) is 5.26 Å². The molecule has 0 aromatic heterocycles. The summed E-state index contributed by atoms with van der Waals surface area (Å²) in [6.45, 7) is 2.15. The molecule has 0 aliphatic heterocycles. The van der Waals surface area contributed by atoms with Gasteiger partial charge in [-0.25, -0.2) is 4.39 Å². The van der Waals surface area contributed by atoms with Crippen molar-refractivity contribution in [1.82, 2.24) is 0 Å². The maximum Gasteiger partial charge on any atom is 0.168 e. The van der Waals surface area contributed by atoms with Gasteiger partial charge in [-0.2, -0.15) is 5.26 Å². The predicted octanol–water partition coefficient (Wildman–Crippen LogP) is 3.71. The smallest absolute Gasteiger partial charge is 0.168 e. The molecular formula is C15H18FNO. The van der Waals surface area contributed by atoms with E-state index in [1.807, 2.05) is 0 Å². The van der Waals surface area contributed by atoms with Crippen molar-refractivity contribution in [2.45, 2.75) is 32.6 Å². The molecule has 0 heterocycles. The first-order valence-electron chi connectivity index (χ1n) is 6.33. The molecule has 2 rings (SSSR count). The predicted molar refractivity (Wildman–Crippen MR) is 67.7 cm³/mol. The minimum atomic E-state index is -0.396. The molecule has 1 saturated carbocycles. The summed E-state index contributed by atoms with van der Waals surface area (Å²) in [7, 11) is 1.46. The van der Waals surface area contributed by atoms with Gasteiger partial charge in [0.15, 0.2) is 11.6 Å². The number of hydrogen-bond donors (Lipinski definition) is 0. The van der Waals surface area contributed by atoms with E-state index >= 15 is 0 Å². The van der Waals surface area contributed by atoms with Gasteiger partial charge in [-0.05, 0) is 43.2 Å². The van der Waals surface area contributed by atoms with Gasteiger partial charge < -0.3 is 4.74 Å². The lowest BCUT2D eigenvalue weighted by Crippen LogP contribution is -2.18. The molecule has 2 unspecified atom stereocenters. The Bertz CT molecular complexity index is 480. The van der Waals surface area contributed by atoms with Gasteiger partial charge in [0.2, 0.25) is 0 Å². The molecule has 18 heavy (non-hydrogen) atoms. The molecular weight excluding hydrogens is 229 g/mol. The summed E-state index contributed by atoms with van der Waals surface area (Å²) in [6, 6.07) is 7.55. The van der Waals surface area contributed by atoms with Crippen LogP contribution in [0.15, 0.2) is 18.2 Å². The topological polar surface area (TPSA) is 33.0 Å². The molecule has 1 aromatic carbocycles. The highest BCUT2D eigenvalue weighted by molar-refractivity contribution is 5.32. The Kier molecular flexibility index (Phi) is 3.56. The zero-order valence-electron chi connectivity index (χ0n) is 10.9. The molecule has 1 fully saturated rings. The van der Waals surface area contributed by atoms with Crippen molar-refractivity contribution in [3.63, 3.8) is 0 Å². The van der Waals surface area contributed by atoms with E-state index in [1.54, 1.807) is 18.2 Å². The Balaban J connectivity index is 2.26. The van der Waals surface area contributed by atoms with E-state index in [-0.39, 0.29) is 11.6 Å². The monoisotopic (exact) mass is 247 g/mol. The zero-order chi connectivity index (χ0) is 13.2. The van der Waals surface area contributed by atoms with E-state index in [0.29, 0.717) is 17.9 Å². The van der Waals surface area contributed by atoms with E-state index in [2.05, 4.69) is 13.0 Å². The SMILES string of the molecule is COc1cccc(CC2(C#N)CCC(C)C2)c1F. The number of nitrogens with zero attached hydrogens (tertiary/aromatic N) is 1. The minimum absolute atomic E-state index is 0.256. The van der Waals surface area contributed by atoms with Gasteiger partial charge in [0, 0.05) is 0 Å². The van der Waals surface area contributed by atoms with Crippen LogP contribution in [-0.4, -0.2) is 7.11 Å². The van der Waals surface area contributed by atoms with Gasteiger partial charge in [-0.15, -0.1) is 0 Å². The highest BCUT2D eigenvalue weighted by Gasteiger charge is 2.38. The maximum atomic E-state index is 14.1. The first-order chi connectivity index (χ1) is 8.60. The van der Waals surface area contributed by atoms with E-state index < -0.39 is 5.41 Å².